The number of carbonyl (C=O) groups excluding carboxylic acids is 1. The number of aromatic nitrogens is 1. The van der Waals surface area contributed by atoms with Crippen LogP contribution in [0.15, 0.2) is 18.3 Å². The summed E-state index contributed by atoms with van der Waals surface area (Å²) in [4.78, 5) is 17.0. The van der Waals surface area contributed by atoms with E-state index in [1.165, 1.54) is 0 Å². The lowest BCUT2D eigenvalue weighted by atomic mass is 10.2. The van der Waals surface area contributed by atoms with E-state index >= 15 is 0 Å². The van der Waals surface area contributed by atoms with Crippen LogP contribution < -0.4 is 5.32 Å². The fraction of sp³-hybridized carbons (Fsp3) is 0.684. The molecule has 0 aliphatic rings. The van der Waals surface area contributed by atoms with E-state index in [0.29, 0.717) is 12.4 Å². The van der Waals surface area contributed by atoms with Gasteiger partial charge in [0.1, 0.15) is 11.9 Å². The quantitative estimate of drug-likeness (QED) is 0.658. The maximum Gasteiger partial charge on any atom is 0.255 e. The zero-order valence-electron chi connectivity index (χ0n) is 17.4. The van der Waals surface area contributed by atoms with Gasteiger partial charge in [0.15, 0.2) is 8.32 Å². The molecule has 0 radical (unpaired) electrons. The van der Waals surface area contributed by atoms with Crippen molar-refractivity contribution in [2.24, 2.45) is 0 Å². The van der Waals surface area contributed by atoms with Crippen molar-refractivity contribution in [1.29, 1.82) is 0 Å². The van der Waals surface area contributed by atoms with Crippen LogP contribution in [0.3, 0.4) is 0 Å². The van der Waals surface area contributed by atoms with Crippen molar-refractivity contribution < 1.29 is 18.7 Å². The van der Waals surface area contributed by atoms with Crippen molar-refractivity contribution in [3.05, 3.63) is 23.9 Å². The monoisotopic (exact) mass is 382 g/mol. The van der Waals surface area contributed by atoms with Gasteiger partial charge >= 0.3 is 0 Å². The number of nitrogens with zero attached hydrogens (tertiary/aromatic N) is 1. The van der Waals surface area contributed by atoms with Gasteiger partial charge in [-0.3, -0.25) is 4.79 Å². The zero-order valence-corrected chi connectivity index (χ0v) is 18.4. The topological polar surface area (TPSA) is 69.7 Å². The van der Waals surface area contributed by atoms with E-state index in [2.05, 4.69) is 44.2 Å². The van der Waals surface area contributed by atoms with Crippen molar-refractivity contribution in [3.63, 3.8) is 0 Å². The Balaban J connectivity index is 2.87. The number of nitrogens with one attached hydrogen (secondary N) is 1. The van der Waals surface area contributed by atoms with Gasteiger partial charge in [-0.15, -0.1) is 0 Å². The first-order valence-corrected chi connectivity index (χ1v) is 11.9. The molecule has 6 nitrogen and oxygen atoms in total. The molecule has 148 valence electrons. The molecule has 0 fully saturated rings. The number of ether oxygens (including phenoxy) is 2. The van der Waals surface area contributed by atoms with Crippen molar-refractivity contribution in [1.82, 2.24) is 4.98 Å². The number of methoxy groups -OCH3 is 1. The van der Waals surface area contributed by atoms with Gasteiger partial charge in [-0.25, -0.2) is 4.98 Å². The molecule has 0 spiro atoms. The highest BCUT2D eigenvalue weighted by Gasteiger charge is 2.41. The highest BCUT2D eigenvalue weighted by Crippen LogP contribution is 2.37. The van der Waals surface area contributed by atoms with E-state index in [4.69, 9.17) is 13.9 Å². The first-order valence-electron chi connectivity index (χ1n) is 8.98. The third-order valence-corrected chi connectivity index (χ3v) is 9.12. The number of pyridine rings is 1. The minimum atomic E-state index is -2.14. The molecular weight excluding hydrogens is 348 g/mol. The Bertz CT molecular complexity index is 570. The second kappa shape index (κ2) is 9.59. The van der Waals surface area contributed by atoms with Crippen LogP contribution in [0.4, 0.5) is 5.82 Å². The van der Waals surface area contributed by atoms with Crippen molar-refractivity contribution >= 4 is 20.0 Å². The van der Waals surface area contributed by atoms with Gasteiger partial charge in [0.05, 0.1) is 19.3 Å². The van der Waals surface area contributed by atoms with Gasteiger partial charge in [-0.05, 0) is 43.6 Å². The average Bonchev–Trinajstić information content (AvgIpc) is 2.52. The fourth-order valence-corrected chi connectivity index (χ4v) is 3.22. The normalized spacial score (nSPS) is 14.8. The number of amides is 1. The van der Waals surface area contributed by atoms with E-state index in [9.17, 15) is 4.79 Å². The van der Waals surface area contributed by atoms with Crippen LogP contribution in [0.5, 0.6) is 0 Å². The summed E-state index contributed by atoms with van der Waals surface area (Å²) in [6.07, 6.45) is 0.908. The largest absolute Gasteiger partial charge is 0.403 e. The van der Waals surface area contributed by atoms with E-state index < -0.39 is 14.4 Å². The lowest BCUT2D eigenvalue weighted by Gasteiger charge is -2.38. The smallest absolute Gasteiger partial charge is 0.255 e. The third-order valence-electron chi connectivity index (χ3n) is 4.63. The lowest BCUT2D eigenvalue weighted by Crippen LogP contribution is -2.49. The summed E-state index contributed by atoms with van der Waals surface area (Å²) in [6.45, 7) is 15.2. The molecule has 1 aromatic heterocycles. The molecule has 0 saturated carbocycles. The molecule has 0 bridgehead atoms. The van der Waals surface area contributed by atoms with Gasteiger partial charge < -0.3 is 19.2 Å². The second-order valence-corrected chi connectivity index (χ2v) is 12.9. The predicted octanol–water partition coefficient (Wildman–Crippen LogP) is 3.77. The van der Waals surface area contributed by atoms with Gasteiger partial charge in [0, 0.05) is 13.3 Å². The van der Waals surface area contributed by atoms with Gasteiger partial charge in [0.2, 0.25) is 0 Å². The van der Waals surface area contributed by atoms with Crippen molar-refractivity contribution in [3.8, 4) is 0 Å². The Labute approximate surface area is 158 Å². The summed E-state index contributed by atoms with van der Waals surface area (Å²) in [5.41, 5.74) is 1.04. The highest BCUT2D eigenvalue weighted by molar-refractivity contribution is 6.74. The summed E-state index contributed by atoms with van der Waals surface area (Å²) >= 11 is 0. The Morgan fingerprint density at radius 3 is 2.42 bits per heavy atom. The molecule has 0 saturated heterocycles. The van der Waals surface area contributed by atoms with Gasteiger partial charge in [0.25, 0.3) is 5.91 Å². The number of anilines is 1. The molecule has 2 unspecified atom stereocenters. The Hall–Kier alpha value is -1.28. The SMILES string of the molecule is COCC(C)OCC(O[Si](C)(C)C(C)(C)C)C(=O)Nc1ccc(C)cn1. The zero-order chi connectivity index (χ0) is 20.0. The van der Waals surface area contributed by atoms with Crippen molar-refractivity contribution in [2.45, 2.75) is 65.0 Å². The Morgan fingerprint density at radius 1 is 1.27 bits per heavy atom. The van der Waals surface area contributed by atoms with Crippen LogP contribution in [0.1, 0.15) is 33.3 Å². The molecule has 1 N–H and O–H groups in total. The highest BCUT2D eigenvalue weighted by atomic mass is 28.4. The third kappa shape index (κ3) is 7.15. The Morgan fingerprint density at radius 2 is 1.92 bits per heavy atom. The molecule has 1 aromatic rings. The molecule has 2 atom stereocenters. The van der Waals surface area contributed by atoms with Crippen LogP contribution in [0.2, 0.25) is 18.1 Å². The molecule has 0 aliphatic heterocycles. The van der Waals surface area contributed by atoms with Gasteiger partial charge in [-0.1, -0.05) is 26.8 Å². The van der Waals surface area contributed by atoms with Crippen LogP contribution in [-0.2, 0) is 18.7 Å². The molecule has 7 heteroatoms. The number of carbonyl (C=O) groups is 1. The molecule has 0 aliphatic carbocycles. The first kappa shape index (κ1) is 22.8. The van der Waals surface area contributed by atoms with Crippen LogP contribution >= 0.6 is 0 Å². The van der Waals surface area contributed by atoms with Gasteiger partial charge in [-0.2, -0.15) is 0 Å². The molecule has 1 rings (SSSR count). The van der Waals surface area contributed by atoms with Crippen LogP contribution in [-0.4, -0.2) is 51.7 Å². The first-order chi connectivity index (χ1) is 12.0. The molecule has 1 amide bonds. The van der Waals surface area contributed by atoms with E-state index in [-0.39, 0.29) is 23.7 Å². The Kier molecular flexibility index (Phi) is 8.40. The van der Waals surface area contributed by atoms with E-state index in [1.807, 2.05) is 19.9 Å². The summed E-state index contributed by atoms with van der Waals surface area (Å²) in [5, 5.41) is 2.83. The van der Waals surface area contributed by atoms with Crippen LogP contribution in [0, 0.1) is 6.92 Å². The maximum atomic E-state index is 12.8. The summed E-state index contributed by atoms with van der Waals surface area (Å²) < 4.78 is 17.2. The van der Waals surface area contributed by atoms with Crippen LogP contribution in [0.25, 0.3) is 0 Å². The summed E-state index contributed by atoms with van der Waals surface area (Å²) in [5.74, 6) is 0.269. The minimum Gasteiger partial charge on any atom is -0.403 e. The minimum absolute atomic E-state index is 0.00815. The maximum absolute atomic E-state index is 12.8. The fourth-order valence-electron chi connectivity index (χ4n) is 1.98. The lowest BCUT2D eigenvalue weighted by molar-refractivity contribution is -0.127. The summed E-state index contributed by atoms with van der Waals surface area (Å²) in [7, 11) is -0.516. The number of hydrogen-bond acceptors (Lipinski definition) is 5. The second-order valence-electron chi connectivity index (χ2n) is 8.18. The standard InChI is InChI=1S/C19H34N2O4Si/c1-14-9-10-17(20-11-14)21-18(22)16(13-24-15(2)12-23-6)25-26(7,8)19(3,4)5/h9-11,15-16H,12-13H2,1-8H3,(H,20,21,22). The average molecular weight is 383 g/mol. The number of rotatable bonds is 9. The van der Waals surface area contributed by atoms with E-state index in [1.54, 1.807) is 19.4 Å². The summed E-state index contributed by atoms with van der Waals surface area (Å²) in [6, 6.07) is 3.69. The van der Waals surface area contributed by atoms with E-state index in [0.717, 1.165) is 5.56 Å². The molecule has 1 heterocycles. The molecule has 0 aromatic carbocycles. The van der Waals surface area contributed by atoms with Crippen molar-refractivity contribution in [2.75, 3.05) is 25.6 Å². The number of aryl methyl sites for hydroxylation is 1. The predicted molar refractivity (Wildman–Crippen MR) is 107 cm³/mol. The molecular formula is C19H34N2O4Si. The number of hydrogen-bond donors (Lipinski definition) is 1. The molecule has 26 heavy (non-hydrogen) atoms.